The van der Waals surface area contributed by atoms with E-state index in [-0.39, 0.29) is 22.3 Å². The molecule has 0 aliphatic carbocycles. The lowest BCUT2D eigenvalue weighted by Gasteiger charge is -2.21. The van der Waals surface area contributed by atoms with Crippen molar-refractivity contribution in [3.8, 4) is 57.4 Å². The molecule has 0 saturated carbocycles. The second-order valence-corrected chi connectivity index (χ2v) is 25.3. The van der Waals surface area contributed by atoms with Crippen LogP contribution >= 0.6 is 0 Å². The number of hydrogen-bond acceptors (Lipinski definition) is 2. The van der Waals surface area contributed by atoms with Crippen molar-refractivity contribution in [2.45, 2.75) is 6.18 Å². The molecular formula is C87H49F3N8. The number of aromatic nitrogens is 6. The zero-order valence-corrected chi connectivity index (χ0v) is 52.0. The average Bonchev–Trinajstić information content (AvgIpc) is 1.52. The molecule has 0 unspecified atom stereocenters. The van der Waals surface area contributed by atoms with Gasteiger partial charge in [-0.1, -0.05) is 152 Å². The van der Waals surface area contributed by atoms with E-state index in [2.05, 4.69) is 267 Å². The lowest BCUT2D eigenvalue weighted by molar-refractivity contribution is -0.137. The van der Waals surface area contributed by atoms with Gasteiger partial charge in [0, 0.05) is 92.9 Å². The van der Waals surface area contributed by atoms with Gasteiger partial charge in [-0.25, -0.2) is 0 Å². The van der Waals surface area contributed by atoms with Crippen LogP contribution in [0.2, 0.25) is 0 Å². The summed E-state index contributed by atoms with van der Waals surface area (Å²) < 4.78 is 62.0. The Labute approximate surface area is 556 Å². The lowest BCUT2D eigenvalue weighted by atomic mass is 9.93. The number of para-hydroxylation sites is 8. The Morgan fingerprint density at radius 2 is 0.510 bits per heavy atom. The number of hydrogen-bond donors (Lipinski definition) is 0. The van der Waals surface area contributed by atoms with E-state index in [1.165, 1.54) is 12.1 Å². The van der Waals surface area contributed by atoms with Gasteiger partial charge in [0.1, 0.15) is 6.07 Å². The standard InChI is InChI=1S/C87H49F3N8/c88-87(89,90)72-43-52(50-91)33-38-58(72)71-49-85(97-81-39-34-54(93-73-25-9-1-17-59(73)60-18-2-10-26-74(60)93)45-67(81)68-46-55(35-40-82(68)97)94-75-27-11-3-19-61(75)62-20-4-12-28-76(62)94)53(51-92)44-86(71)98-83-41-36-56(95-77-29-13-5-21-63(77)64-22-6-14-30-78(64)95)47-69(83)70-48-57(37-42-84(70)98)96-79-31-15-7-23-65(79)66-24-8-16-32-80(66)96/h1-49H. The third kappa shape index (κ3) is 7.81. The number of nitriles is 2. The van der Waals surface area contributed by atoms with Crippen LogP contribution in [-0.4, -0.2) is 27.4 Å². The van der Waals surface area contributed by atoms with Crippen molar-refractivity contribution < 1.29 is 13.2 Å². The van der Waals surface area contributed by atoms with Gasteiger partial charge in [0.25, 0.3) is 0 Å². The molecule has 6 heterocycles. The van der Waals surface area contributed by atoms with Crippen LogP contribution in [0.15, 0.2) is 297 Å². The number of alkyl halides is 3. The van der Waals surface area contributed by atoms with E-state index >= 15 is 13.2 Å². The Balaban J connectivity index is 0.892. The molecule has 0 radical (unpaired) electrons. The van der Waals surface area contributed by atoms with Crippen molar-refractivity contribution in [1.82, 2.24) is 27.4 Å². The Morgan fingerprint density at radius 3 is 0.786 bits per heavy atom. The van der Waals surface area contributed by atoms with Gasteiger partial charge in [0.05, 0.1) is 100 Å². The molecule has 458 valence electrons. The second-order valence-electron chi connectivity index (χ2n) is 25.3. The number of rotatable bonds is 7. The van der Waals surface area contributed by atoms with Gasteiger partial charge in [-0.05, 0) is 151 Å². The van der Waals surface area contributed by atoms with Gasteiger partial charge in [-0.15, -0.1) is 0 Å². The van der Waals surface area contributed by atoms with Crippen LogP contribution in [0.25, 0.3) is 176 Å². The lowest BCUT2D eigenvalue weighted by Crippen LogP contribution is -2.10. The van der Waals surface area contributed by atoms with Crippen LogP contribution in [0.3, 0.4) is 0 Å². The van der Waals surface area contributed by atoms with Gasteiger partial charge in [-0.2, -0.15) is 23.7 Å². The van der Waals surface area contributed by atoms with Crippen molar-refractivity contribution >= 4 is 131 Å². The minimum absolute atomic E-state index is 0.135. The molecule has 0 amide bonds. The Kier molecular flexibility index (Phi) is 11.6. The fourth-order valence-corrected chi connectivity index (χ4v) is 16.2. The summed E-state index contributed by atoms with van der Waals surface area (Å²) in [6, 6.07) is 104. The topological polar surface area (TPSA) is 77.2 Å². The molecule has 0 aliphatic rings. The largest absolute Gasteiger partial charge is 0.417 e. The molecule has 0 atom stereocenters. The van der Waals surface area contributed by atoms with E-state index in [9.17, 15) is 10.5 Å². The maximum Gasteiger partial charge on any atom is 0.417 e. The van der Waals surface area contributed by atoms with Crippen LogP contribution in [0, 0.1) is 22.7 Å². The van der Waals surface area contributed by atoms with Crippen LogP contribution in [0.1, 0.15) is 16.7 Å². The van der Waals surface area contributed by atoms with Crippen LogP contribution in [0.5, 0.6) is 0 Å². The minimum Gasteiger partial charge on any atom is -0.309 e. The highest BCUT2D eigenvalue weighted by atomic mass is 19.4. The highest BCUT2D eigenvalue weighted by molar-refractivity contribution is 6.17. The van der Waals surface area contributed by atoms with Crippen molar-refractivity contribution in [1.29, 1.82) is 10.5 Å². The fraction of sp³-hybridized carbons (Fsp3) is 0.0115. The maximum atomic E-state index is 16.3. The molecule has 6 aromatic heterocycles. The summed E-state index contributed by atoms with van der Waals surface area (Å²) in [4.78, 5) is 0. The molecule has 11 heteroatoms. The van der Waals surface area contributed by atoms with Crippen molar-refractivity contribution in [2.24, 2.45) is 0 Å². The van der Waals surface area contributed by atoms with Gasteiger partial charge < -0.3 is 27.4 Å². The molecule has 98 heavy (non-hydrogen) atoms. The first-order valence-corrected chi connectivity index (χ1v) is 32.5. The normalized spacial score (nSPS) is 12.2. The second kappa shape index (κ2) is 20.6. The fourth-order valence-electron chi connectivity index (χ4n) is 16.2. The smallest absolute Gasteiger partial charge is 0.309 e. The molecule has 8 nitrogen and oxygen atoms in total. The molecule has 20 rings (SSSR count). The van der Waals surface area contributed by atoms with Gasteiger partial charge >= 0.3 is 6.18 Å². The predicted octanol–water partition coefficient (Wildman–Crippen LogP) is 22.7. The number of benzene rings is 14. The molecule has 0 N–H and O–H groups in total. The van der Waals surface area contributed by atoms with Gasteiger partial charge in [0.2, 0.25) is 0 Å². The van der Waals surface area contributed by atoms with Gasteiger partial charge in [-0.3, -0.25) is 0 Å². The van der Waals surface area contributed by atoms with Crippen molar-refractivity contribution in [3.63, 3.8) is 0 Å². The van der Waals surface area contributed by atoms with Gasteiger partial charge in [0.15, 0.2) is 0 Å². The zero-order valence-electron chi connectivity index (χ0n) is 52.0. The van der Waals surface area contributed by atoms with Crippen molar-refractivity contribution in [2.75, 3.05) is 0 Å². The van der Waals surface area contributed by atoms with Crippen molar-refractivity contribution in [3.05, 3.63) is 314 Å². The van der Waals surface area contributed by atoms with E-state index in [1.54, 1.807) is 12.1 Å². The SMILES string of the molecule is N#Cc1ccc(-c2cc(-n3c4ccc(-n5c6ccccc6c6ccccc65)cc4c4cc(-n5c6ccccc6c6ccccc65)ccc43)c(C#N)cc2-n2c3ccc(-n4c5ccccc5c5ccccc54)cc3c3cc(-n4c5ccccc5c5ccccc54)ccc32)c(C(F)(F)F)c1. The highest BCUT2D eigenvalue weighted by Gasteiger charge is 2.36. The highest BCUT2D eigenvalue weighted by Crippen LogP contribution is 2.48. The molecule has 0 bridgehead atoms. The molecule has 0 spiro atoms. The number of halogens is 3. The van der Waals surface area contributed by atoms with E-state index in [4.69, 9.17) is 0 Å². The summed E-state index contributed by atoms with van der Waals surface area (Å²) in [6.45, 7) is 0. The van der Waals surface area contributed by atoms with E-state index in [1.807, 2.05) is 39.5 Å². The number of nitrogens with zero attached hydrogens (tertiary/aromatic N) is 8. The summed E-state index contributed by atoms with van der Waals surface area (Å²) in [5.74, 6) is 0. The molecule has 0 aliphatic heterocycles. The van der Waals surface area contributed by atoms with E-state index < -0.39 is 11.7 Å². The third-order valence-corrected chi connectivity index (χ3v) is 20.3. The first-order valence-electron chi connectivity index (χ1n) is 32.5. The van der Waals surface area contributed by atoms with E-state index in [0.717, 1.165) is 149 Å². The number of fused-ring (bicyclic) bond motifs is 18. The molecule has 14 aromatic carbocycles. The maximum absolute atomic E-state index is 16.3. The molecule has 0 fully saturated rings. The van der Waals surface area contributed by atoms with Crippen LogP contribution in [0.4, 0.5) is 13.2 Å². The molecular weight excluding hydrogens is 1210 g/mol. The average molecular weight is 1260 g/mol. The summed E-state index contributed by atoms with van der Waals surface area (Å²) in [7, 11) is 0. The Morgan fingerprint density at radius 1 is 0.235 bits per heavy atom. The minimum atomic E-state index is -4.91. The summed E-state index contributed by atoms with van der Waals surface area (Å²) in [5.41, 5.74) is 14.6. The van der Waals surface area contributed by atoms with Crippen LogP contribution in [-0.2, 0) is 6.18 Å². The summed E-state index contributed by atoms with van der Waals surface area (Å²) in [6.07, 6.45) is -4.91. The van der Waals surface area contributed by atoms with Crippen LogP contribution < -0.4 is 0 Å². The zero-order chi connectivity index (χ0) is 65.2. The third-order valence-electron chi connectivity index (χ3n) is 20.3. The summed E-state index contributed by atoms with van der Waals surface area (Å²) >= 11 is 0. The molecule has 0 saturated heterocycles. The molecule has 20 aromatic rings. The monoisotopic (exact) mass is 1260 g/mol. The van der Waals surface area contributed by atoms with E-state index in [0.29, 0.717) is 22.4 Å². The first kappa shape index (κ1) is 55.1. The Bertz CT molecular complexity index is 6410. The summed E-state index contributed by atoms with van der Waals surface area (Å²) in [5, 5.41) is 34.6. The predicted molar refractivity (Wildman–Crippen MR) is 392 cm³/mol. The Hall–Kier alpha value is -13.4. The first-order chi connectivity index (χ1) is 48.2. The quantitative estimate of drug-likeness (QED) is 0.159.